The summed E-state index contributed by atoms with van der Waals surface area (Å²) in [6, 6.07) is 4.49. The Morgan fingerprint density at radius 3 is 2.58 bits per heavy atom. The number of rotatable bonds is 2. The van der Waals surface area contributed by atoms with Gasteiger partial charge in [-0.05, 0) is 51.3 Å². The highest BCUT2D eigenvalue weighted by molar-refractivity contribution is 14.1. The fourth-order valence-corrected chi connectivity index (χ4v) is 1.60. The maximum absolute atomic E-state index is 12.7. The molecular weight excluding hydrogens is 372 g/mol. The second kappa shape index (κ2) is 6.06. The number of alkyl halides is 3. The number of benzene rings is 1. The minimum Gasteiger partial charge on any atom is -0.322 e. The summed E-state index contributed by atoms with van der Waals surface area (Å²) in [5.74, 6) is -0.523. The van der Waals surface area contributed by atoms with Crippen molar-refractivity contribution in [3.8, 4) is 6.07 Å². The molecule has 1 aromatic rings. The van der Waals surface area contributed by atoms with Crippen LogP contribution in [0.3, 0.4) is 0 Å². The second-order valence-electron chi connectivity index (χ2n) is 3.59. The Bertz CT molecular complexity index is 569. The fourth-order valence-electron chi connectivity index (χ4n) is 1.31. The summed E-state index contributed by atoms with van der Waals surface area (Å²) in [5, 5.41) is 10.9. The number of amides is 1. The van der Waals surface area contributed by atoms with E-state index in [2.05, 4.69) is 5.32 Å². The van der Waals surface area contributed by atoms with E-state index in [0.717, 1.165) is 12.1 Å². The molecule has 0 aromatic heterocycles. The summed E-state index contributed by atoms with van der Waals surface area (Å²) < 4.78 is 38.8. The zero-order chi connectivity index (χ0) is 14.6. The Morgan fingerprint density at radius 1 is 1.47 bits per heavy atom. The van der Waals surface area contributed by atoms with E-state index in [1.807, 2.05) is 22.6 Å². The third kappa shape index (κ3) is 4.55. The first-order valence-corrected chi connectivity index (χ1v) is 6.08. The molecule has 0 aliphatic rings. The van der Waals surface area contributed by atoms with Crippen LogP contribution in [-0.4, -0.2) is 5.91 Å². The first kappa shape index (κ1) is 15.5. The van der Waals surface area contributed by atoms with E-state index < -0.39 is 23.2 Å². The van der Waals surface area contributed by atoms with Gasteiger partial charge < -0.3 is 5.32 Å². The molecule has 1 N–H and O–H groups in total. The van der Waals surface area contributed by atoms with Crippen LogP contribution in [0.15, 0.2) is 27.9 Å². The smallest absolute Gasteiger partial charge is 0.322 e. The lowest BCUT2D eigenvalue weighted by Crippen LogP contribution is -2.12. The number of anilines is 1. The molecule has 3 nitrogen and oxygen atoms in total. The van der Waals surface area contributed by atoms with Gasteiger partial charge in [-0.3, -0.25) is 4.79 Å². The largest absolute Gasteiger partial charge is 0.417 e. The Labute approximate surface area is 121 Å². The van der Waals surface area contributed by atoms with E-state index >= 15 is 0 Å². The van der Waals surface area contributed by atoms with E-state index in [1.165, 1.54) is 18.2 Å². The van der Waals surface area contributed by atoms with Gasteiger partial charge in [0.05, 0.1) is 17.2 Å². The maximum Gasteiger partial charge on any atom is 0.417 e. The number of allylic oxidation sites excluding steroid dienone is 1. The first-order valence-electron chi connectivity index (χ1n) is 5.00. The van der Waals surface area contributed by atoms with Crippen LogP contribution in [0, 0.1) is 11.3 Å². The van der Waals surface area contributed by atoms with Gasteiger partial charge in [0.1, 0.15) is 0 Å². The molecular formula is C12H8F3IN2O. The predicted octanol–water partition coefficient (Wildman–Crippen LogP) is 3.85. The summed E-state index contributed by atoms with van der Waals surface area (Å²) in [7, 11) is 0. The highest BCUT2D eigenvalue weighted by atomic mass is 127. The average molecular weight is 380 g/mol. The Morgan fingerprint density at radius 2 is 2.11 bits per heavy atom. The predicted molar refractivity (Wildman–Crippen MR) is 72.6 cm³/mol. The quantitative estimate of drug-likeness (QED) is 0.626. The van der Waals surface area contributed by atoms with Gasteiger partial charge in [0.25, 0.3) is 0 Å². The zero-order valence-corrected chi connectivity index (χ0v) is 11.8. The van der Waals surface area contributed by atoms with Crippen molar-refractivity contribution in [1.82, 2.24) is 0 Å². The molecule has 0 atom stereocenters. The summed E-state index contributed by atoms with van der Waals surface area (Å²) >= 11 is 1.91. The third-order valence-electron chi connectivity index (χ3n) is 2.04. The molecule has 0 spiro atoms. The van der Waals surface area contributed by atoms with Gasteiger partial charge in [0, 0.05) is 11.8 Å². The number of nitrogens with one attached hydrogen (secondary N) is 1. The number of nitriles is 1. The minimum absolute atomic E-state index is 0.00905. The highest BCUT2D eigenvalue weighted by Gasteiger charge is 2.33. The van der Waals surface area contributed by atoms with Gasteiger partial charge >= 0.3 is 6.18 Å². The van der Waals surface area contributed by atoms with Gasteiger partial charge in [-0.2, -0.15) is 18.4 Å². The molecule has 0 unspecified atom stereocenters. The number of hydrogen-bond donors (Lipinski definition) is 1. The Balaban J connectivity index is 3.10. The van der Waals surface area contributed by atoms with Crippen LogP contribution in [0.25, 0.3) is 0 Å². The molecule has 1 rings (SSSR count). The number of nitrogens with zero attached hydrogens (tertiary/aromatic N) is 1. The number of carbonyl (C=O) groups excluding carboxylic acids is 1. The van der Waals surface area contributed by atoms with E-state index in [-0.39, 0.29) is 5.69 Å². The van der Waals surface area contributed by atoms with Gasteiger partial charge in [-0.15, -0.1) is 0 Å². The van der Waals surface area contributed by atoms with Crippen molar-refractivity contribution in [1.29, 1.82) is 5.26 Å². The third-order valence-corrected chi connectivity index (χ3v) is 2.35. The van der Waals surface area contributed by atoms with Crippen molar-refractivity contribution in [2.75, 3.05) is 5.32 Å². The Kier molecular flexibility index (Phi) is 4.94. The molecule has 1 amide bonds. The number of carbonyl (C=O) groups is 1. The van der Waals surface area contributed by atoms with Gasteiger partial charge in [-0.25, -0.2) is 0 Å². The summed E-state index contributed by atoms with van der Waals surface area (Å²) in [6.07, 6.45) is -3.38. The normalized spacial score (nSPS) is 11.9. The molecule has 0 fully saturated rings. The van der Waals surface area contributed by atoms with E-state index in [4.69, 9.17) is 5.26 Å². The molecule has 0 heterocycles. The number of hydrogen-bond acceptors (Lipinski definition) is 2. The van der Waals surface area contributed by atoms with Crippen molar-refractivity contribution >= 4 is 34.2 Å². The summed E-state index contributed by atoms with van der Waals surface area (Å²) in [4.78, 5) is 11.4. The lowest BCUT2D eigenvalue weighted by Gasteiger charge is -2.11. The van der Waals surface area contributed by atoms with Gasteiger partial charge in [0.2, 0.25) is 5.91 Å². The minimum atomic E-state index is -4.64. The maximum atomic E-state index is 12.7. The SMILES string of the molecule is CC(I)=CC(=O)Nc1ccc(C#N)c(C(F)(F)F)c1. The van der Waals surface area contributed by atoms with Crippen molar-refractivity contribution in [3.63, 3.8) is 0 Å². The highest BCUT2D eigenvalue weighted by Crippen LogP contribution is 2.33. The monoisotopic (exact) mass is 380 g/mol. The van der Waals surface area contributed by atoms with Crippen LogP contribution in [0.5, 0.6) is 0 Å². The van der Waals surface area contributed by atoms with E-state index in [1.54, 1.807) is 6.92 Å². The Hall–Kier alpha value is -1.56. The van der Waals surface area contributed by atoms with Crippen LogP contribution >= 0.6 is 22.6 Å². The average Bonchev–Trinajstić information content (AvgIpc) is 2.26. The molecule has 0 radical (unpaired) electrons. The van der Waals surface area contributed by atoms with Crippen molar-refractivity contribution in [3.05, 3.63) is 39.0 Å². The molecule has 1 aromatic carbocycles. The van der Waals surface area contributed by atoms with Crippen molar-refractivity contribution < 1.29 is 18.0 Å². The topological polar surface area (TPSA) is 52.9 Å². The molecule has 0 bridgehead atoms. The van der Waals surface area contributed by atoms with Gasteiger partial charge in [0.15, 0.2) is 0 Å². The van der Waals surface area contributed by atoms with E-state index in [0.29, 0.717) is 3.58 Å². The van der Waals surface area contributed by atoms with Crippen LogP contribution in [0.4, 0.5) is 18.9 Å². The van der Waals surface area contributed by atoms with Crippen LogP contribution < -0.4 is 5.32 Å². The molecule has 0 saturated carbocycles. The van der Waals surface area contributed by atoms with Crippen molar-refractivity contribution in [2.24, 2.45) is 0 Å². The zero-order valence-electron chi connectivity index (χ0n) is 9.68. The molecule has 7 heteroatoms. The van der Waals surface area contributed by atoms with E-state index in [9.17, 15) is 18.0 Å². The molecule has 0 aliphatic carbocycles. The summed E-state index contributed by atoms with van der Waals surface area (Å²) in [6.45, 7) is 1.68. The molecule has 0 aliphatic heterocycles. The van der Waals surface area contributed by atoms with Crippen LogP contribution in [0.2, 0.25) is 0 Å². The molecule has 100 valence electrons. The lowest BCUT2D eigenvalue weighted by atomic mass is 10.1. The van der Waals surface area contributed by atoms with Crippen LogP contribution in [0.1, 0.15) is 18.1 Å². The lowest BCUT2D eigenvalue weighted by molar-refractivity contribution is -0.137. The van der Waals surface area contributed by atoms with Crippen LogP contribution in [-0.2, 0) is 11.0 Å². The molecule has 19 heavy (non-hydrogen) atoms. The first-order chi connectivity index (χ1) is 8.74. The summed E-state index contributed by atoms with van der Waals surface area (Å²) in [5.41, 5.74) is -1.56. The molecule has 0 saturated heterocycles. The second-order valence-corrected chi connectivity index (χ2v) is 5.29. The number of halogens is 4. The standard InChI is InChI=1S/C12H8F3IN2O/c1-7(16)4-11(19)18-9-3-2-8(6-17)10(5-9)12(13,14)15/h2-5H,1H3,(H,18,19). The van der Waals surface area contributed by atoms with Crippen molar-refractivity contribution in [2.45, 2.75) is 13.1 Å². The fraction of sp³-hybridized carbons (Fsp3) is 0.167. The van der Waals surface area contributed by atoms with Gasteiger partial charge in [-0.1, -0.05) is 0 Å².